The van der Waals surface area contributed by atoms with Gasteiger partial charge in [-0.15, -0.1) is 0 Å². The molecule has 0 aromatic carbocycles. The van der Waals surface area contributed by atoms with Gasteiger partial charge in [-0.2, -0.15) is 0 Å². The summed E-state index contributed by atoms with van der Waals surface area (Å²) in [6, 6.07) is 0. The van der Waals surface area contributed by atoms with E-state index in [0.717, 1.165) is 0 Å². The molecule has 0 saturated carbocycles. The number of ether oxygens (including phenoxy) is 2. The molecule has 0 unspecified atom stereocenters. The van der Waals surface area contributed by atoms with Gasteiger partial charge >= 0.3 is 12.1 Å². The number of amides is 1. The molecule has 2 heterocycles. The van der Waals surface area contributed by atoms with Crippen LogP contribution in [0.2, 0.25) is 0 Å². The van der Waals surface area contributed by atoms with Crippen LogP contribution in [0.4, 0.5) is 16.4 Å². The third kappa shape index (κ3) is 2.63. The minimum absolute atomic E-state index is 0.0926. The number of aromatic nitrogens is 2. The molecule has 0 aliphatic carbocycles. The van der Waals surface area contributed by atoms with E-state index in [9.17, 15) is 9.59 Å². The average Bonchev–Trinajstić information content (AvgIpc) is 2.83. The van der Waals surface area contributed by atoms with Crippen molar-refractivity contribution in [3.63, 3.8) is 0 Å². The van der Waals surface area contributed by atoms with Gasteiger partial charge < -0.3 is 15.2 Å². The molecule has 0 spiro atoms. The molecule has 2 rings (SSSR count). The second kappa shape index (κ2) is 5.72. The lowest BCUT2D eigenvalue weighted by molar-refractivity contribution is -0.139. The van der Waals surface area contributed by atoms with E-state index >= 15 is 0 Å². The maximum Gasteiger partial charge on any atom is 0.415 e. The first-order valence-electron chi connectivity index (χ1n) is 6.23. The van der Waals surface area contributed by atoms with Gasteiger partial charge in [0, 0.05) is 12.1 Å². The van der Waals surface area contributed by atoms with Crippen molar-refractivity contribution >= 4 is 23.7 Å². The number of hydrogen-bond acceptors (Lipinski definition) is 7. The Labute approximate surface area is 115 Å². The maximum absolute atomic E-state index is 11.8. The van der Waals surface area contributed by atoms with Crippen molar-refractivity contribution in [2.75, 3.05) is 30.9 Å². The van der Waals surface area contributed by atoms with Gasteiger partial charge in [-0.3, -0.25) is 9.69 Å². The highest BCUT2D eigenvalue weighted by atomic mass is 16.6. The van der Waals surface area contributed by atoms with Crippen molar-refractivity contribution < 1.29 is 19.1 Å². The zero-order chi connectivity index (χ0) is 14.7. The molecule has 1 aromatic rings. The topological polar surface area (TPSA) is 108 Å². The number of nitrogens with two attached hydrogens (primary N) is 1. The number of esters is 1. The van der Waals surface area contributed by atoms with Gasteiger partial charge in [0.05, 0.1) is 13.7 Å². The molecule has 1 aromatic heterocycles. The normalized spacial score (nSPS) is 13.0. The van der Waals surface area contributed by atoms with Crippen LogP contribution in [0.15, 0.2) is 0 Å². The SMILES string of the molecule is CCOC(=O)N1CCc2c(N)nc(CC(=O)OC)nc21. The molecule has 0 fully saturated rings. The maximum atomic E-state index is 11.8. The number of fused-ring (bicyclic) bond motifs is 1. The number of nitrogens with zero attached hydrogens (tertiary/aromatic N) is 3. The molecular formula is C12H16N4O4. The summed E-state index contributed by atoms with van der Waals surface area (Å²) in [5.74, 6) is 0.449. The fraction of sp³-hybridized carbons (Fsp3) is 0.500. The number of hydrogen-bond donors (Lipinski definition) is 1. The molecule has 20 heavy (non-hydrogen) atoms. The van der Waals surface area contributed by atoms with Crippen molar-refractivity contribution in [3.8, 4) is 0 Å². The monoisotopic (exact) mass is 280 g/mol. The summed E-state index contributed by atoms with van der Waals surface area (Å²) in [6.07, 6.45) is -0.00303. The van der Waals surface area contributed by atoms with E-state index in [1.54, 1.807) is 6.92 Å². The smallest absolute Gasteiger partial charge is 0.415 e. The van der Waals surface area contributed by atoms with E-state index in [1.165, 1.54) is 12.0 Å². The number of nitrogen functional groups attached to an aromatic ring is 1. The quantitative estimate of drug-likeness (QED) is 0.793. The van der Waals surface area contributed by atoms with Crippen LogP contribution in [0.1, 0.15) is 18.3 Å². The van der Waals surface area contributed by atoms with Crippen molar-refractivity contribution in [3.05, 3.63) is 11.4 Å². The van der Waals surface area contributed by atoms with Gasteiger partial charge in [0.1, 0.15) is 23.9 Å². The minimum Gasteiger partial charge on any atom is -0.469 e. The second-order valence-electron chi connectivity index (χ2n) is 4.18. The lowest BCUT2D eigenvalue weighted by Crippen LogP contribution is -2.30. The molecule has 0 bridgehead atoms. The number of carbonyl (C=O) groups excluding carboxylic acids is 2. The Hall–Kier alpha value is -2.38. The van der Waals surface area contributed by atoms with Crippen LogP contribution in [0, 0.1) is 0 Å². The van der Waals surface area contributed by atoms with E-state index in [2.05, 4.69) is 14.7 Å². The Morgan fingerprint density at radius 1 is 1.40 bits per heavy atom. The summed E-state index contributed by atoms with van der Waals surface area (Å²) < 4.78 is 9.52. The van der Waals surface area contributed by atoms with Crippen molar-refractivity contribution in [1.82, 2.24) is 9.97 Å². The van der Waals surface area contributed by atoms with Crippen LogP contribution in [0.3, 0.4) is 0 Å². The standard InChI is InChI=1S/C12H16N4O4/c1-3-20-12(18)16-5-4-7-10(13)14-8(15-11(7)16)6-9(17)19-2/h3-6H2,1-2H3,(H2,13,14,15). The van der Waals surface area contributed by atoms with Gasteiger partial charge in [0.15, 0.2) is 0 Å². The lowest BCUT2D eigenvalue weighted by Gasteiger charge is -2.16. The van der Waals surface area contributed by atoms with Gasteiger partial charge in [0.2, 0.25) is 0 Å². The number of anilines is 2. The van der Waals surface area contributed by atoms with E-state index in [-0.39, 0.29) is 24.7 Å². The average molecular weight is 280 g/mol. The van der Waals surface area contributed by atoms with Crippen LogP contribution >= 0.6 is 0 Å². The Morgan fingerprint density at radius 2 is 2.15 bits per heavy atom. The highest BCUT2D eigenvalue weighted by molar-refractivity contribution is 5.90. The molecule has 2 N–H and O–H groups in total. The molecule has 0 atom stereocenters. The number of methoxy groups -OCH3 is 1. The zero-order valence-corrected chi connectivity index (χ0v) is 11.4. The third-order valence-corrected chi connectivity index (χ3v) is 2.92. The van der Waals surface area contributed by atoms with Crippen LogP contribution in [-0.2, 0) is 27.1 Å². The van der Waals surface area contributed by atoms with Crippen LogP contribution < -0.4 is 10.6 Å². The fourth-order valence-corrected chi connectivity index (χ4v) is 1.99. The van der Waals surface area contributed by atoms with Crippen LogP contribution in [0.25, 0.3) is 0 Å². The van der Waals surface area contributed by atoms with Crippen molar-refractivity contribution in [2.24, 2.45) is 0 Å². The van der Waals surface area contributed by atoms with E-state index in [4.69, 9.17) is 10.5 Å². The van der Waals surface area contributed by atoms with Gasteiger partial charge in [-0.1, -0.05) is 0 Å². The van der Waals surface area contributed by atoms with Gasteiger partial charge in [0.25, 0.3) is 0 Å². The Bertz CT molecular complexity index is 547. The summed E-state index contributed by atoms with van der Waals surface area (Å²) in [4.78, 5) is 32.8. The molecule has 8 nitrogen and oxygen atoms in total. The molecule has 1 aliphatic rings. The lowest BCUT2D eigenvalue weighted by atomic mass is 10.2. The van der Waals surface area contributed by atoms with Crippen LogP contribution in [0.5, 0.6) is 0 Å². The zero-order valence-electron chi connectivity index (χ0n) is 11.4. The Balaban J connectivity index is 2.31. The van der Waals surface area contributed by atoms with Crippen LogP contribution in [-0.4, -0.2) is 42.3 Å². The van der Waals surface area contributed by atoms with Crippen molar-refractivity contribution in [1.29, 1.82) is 0 Å². The minimum atomic E-state index is -0.478. The summed E-state index contributed by atoms with van der Waals surface area (Å²) in [6.45, 7) is 2.45. The predicted octanol–water partition coefficient (Wildman–Crippen LogP) is 0.293. The number of carbonyl (C=O) groups is 2. The summed E-state index contributed by atoms with van der Waals surface area (Å²) in [7, 11) is 1.28. The van der Waals surface area contributed by atoms with Gasteiger partial charge in [-0.05, 0) is 13.3 Å². The Morgan fingerprint density at radius 3 is 2.80 bits per heavy atom. The number of rotatable bonds is 3. The molecule has 0 radical (unpaired) electrons. The molecule has 1 amide bonds. The highest BCUT2D eigenvalue weighted by Gasteiger charge is 2.30. The van der Waals surface area contributed by atoms with E-state index in [0.29, 0.717) is 24.3 Å². The third-order valence-electron chi connectivity index (χ3n) is 2.92. The first-order chi connectivity index (χ1) is 9.56. The first kappa shape index (κ1) is 14.0. The molecule has 0 saturated heterocycles. The Kier molecular flexibility index (Phi) is 4.02. The highest BCUT2D eigenvalue weighted by Crippen LogP contribution is 2.30. The molecule has 1 aliphatic heterocycles. The predicted molar refractivity (Wildman–Crippen MR) is 70.2 cm³/mol. The van der Waals surface area contributed by atoms with Crippen molar-refractivity contribution in [2.45, 2.75) is 19.8 Å². The first-order valence-corrected chi connectivity index (χ1v) is 6.23. The molecule has 108 valence electrons. The molecular weight excluding hydrogens is 264 g/mol. The van der Waals surface area contributed by atoms with Gasteiger partial charge in [-0.25, -0.2) is 14.8 Å². The molecule has 8 heteroatoms. The largest absolute Gasteiger partial charge is 0.469 e. The van der Waals surface area contributed by atoms with E-state index < -0.39 is 12.1 Å². The summed E-state index contributed by atoms with van der Waals surface area (Å²) in [5, 5.41) is 0. The van der Waals surface area contributed by atoms with E-state index in [1.807, 2.05) is 0 Å². The fourth-order valence-electron chi connectivity index (χ4n) is 1.99. The summed E-state index contributed by atoms with van der Waals surface area (Å²) in [5.41, 5.74) is 6.54. The second-order valence-corrected chi connectivity index (χ2v) is 4.18. The summed E-state index contributed by atoms with van der Waals surface area (Å²) >= 11 is 0.